The van der Waals surface area contributed by atoms with Crippen LogP contribution in [0.2, 0.25) is 0 Å². The van der Waals surface area contributed by atoms with Crippen molar-refractivity contribution in [2.75, 3.05) is 4.90 Å². The van der Waals surface area contributed by atoms with Crippen molar-refractivity contribution in [3.63, 3.8) is 0 Å². The first-order valence-corrected chi connectivity index (χ1v) is 10.1. The van der Waals surface area contributed by atoms with E-state index in [2.05, 4.69) is 0 Å². The lowest BCUT2D eigenvalue weighted by Gasteiger charge is -2.36. The first kappa shape index (κ1) is 18.2. The Morgan fingerprint density at radius 1 is 0.929 bits per heavy atom. The second kappa shape index (κ2) is 6.79. The Hall–Kier alpha value is -3.13. The number of anilines is 1. The van der Waals surface area contributed by atoms with Gasteiger partial charge in [0.1, 0.15) is 11.6 Å². The van der Waals surface area contributed by atoms with Crippen LogP contribution in [0.15, 0.2) is 66.9 Å². The number of halogens is 1. The molecule has 0 saturated carbocycles. The van der Waals surface area contributed by atoms with E-state index in [1.807, 2.05) is 19.1 Å². The Morgan fingerprint density at radius 2 is 1.68 bits per heavy atom. The quantitative estimate of drug-likeness (QED) is 0.673. The lowest BCUT2D eigenvalue weighted by molar-refractivity contribution is 0.225. The second-order valence-corrected chi connectivity index (χ2v) is 8.39. The third-order valence-corrected chi connectivity index (χ3v) is 6.27. The van der Waals surface area contributed by atoms with Gasteiger partial charge in [0.15, 0.2) is 0 Å². The average molecular weight is 399 g/mol. The van der Waals surface area contributed by atoms with Crippen LogP contribution in [0.5, 0.6) is 0 Å². The summed E-state index contributed by atoms with van der Waals surface area (Å²) in [6, 6.07) is 15.6. The van der Waals surface area contributed by atoms with Crippen LogP contribution in [0.1, 0.15) is 16.7 Å². The molecular weight excluding hydrogens is 381 g/mol. The van der Waals surface area contributed by atoms with E-state index in [0.29, 0.717) is 11.1 Å². The number of aromatic nitrogens is 1. The van der Waals surface area contributed by atoms with Crippen molar-refractivity contribution >= 4 is 22.1 Å². The second-order valence-electron chi connectivity index (χ2n) is 6.66. The predicted octanol–water partition coefficient (Wildman–Crippen LogP) is 3.67. The highest BCUT2D eigenvalue weighted by molar-refractivity contribution is 7.88. The van der Waals surface area contributed by atoms with Crippen LogP contribution in [-0.4, -0.2) is 22.7 Å². The molecule has 0 atom stereocenters. The fraction of sp³-hybridized carbons (Fsp3) is 0.150. The summed E-state index contributed by atoms with van der Waals surface area (Å²) in [6.45, 7) is 1.90. The third kappa shape index (κ3) is 3.16. The van der Waals surface area contributed by atoms with Gasteiger partial charge in [-0.05, 0) is 42.3 Å². The Bertz CT molecular complexity index is 1140. The molecule has 1 aliphatic rings. The van der Waals surface area contributed by atoms with Gasteiger partial charge in [-0.3, -0.25) is 4.90 Å². The largest absolute Gasteiger partial charge is 0.341 e. The minimum absolute atomic E-state index is 0.0561. The van der Waals surface area contributed by atoms with E-state index < -0.39 is 22.1 Å². The zero-order chi connectivity index (χ0) is 19.9. The van der Waals surface area contributed by atoms with Crippen LogP contribution in [0, 0.1) is 12.7 Å². The summed E-state index contributed by atoms with van der Waals surface area (Å²) in [7, 11) is -4.05. The highest BCUT2D eigenvalue weighted by Crippen LogP contribution is 2.30. The average Bonchev–Trinajstić information content (AvgIpc) is 3.15. The monoisotopic (exact) mass is 399 g/mol. The zero-order valence-corrected chi connectivity index (χ0v) is 15.9. The molecule has 2 aromatic carbocycles. The summed E-state index contributed by atoms with van der Waals surface area (Å²) in [4.78, 5) is 14.5. The molecule has 144 valence electrons. The van der Waals surface area contributed by atoms with Crippen molar-refractivity contribution in [3.05, 3.63) is 89.4 Å². The standard InChI is InChI=1S/C20H18FN3O3S/c1-15-7-9-16(10-8-15)14-24-20(25)22(13-17-4-2-5-18(21)12-17)19-6-3-11-23(19)28(24,26)27/h2-12H,13-14H2,1H3. The molecule has 0 fully saturated rings. The molecule has 0 bridgehead atoms. The summed E-state index contributed by atoms with van der Waals surface area (Å²) >= 11 is 0. The van der Waals surface area contributed by atoms with E-state index in [9.17, 15) is 17.6 Å². The molecule has 0 radical (unpaired) electrons. The number of aryl methyl sites for hydroxylation is 1. The van der Waals surface area contributed by atoms with E-state index in [1.165, 1.54) is 23.2 Å². The topological polar surface area (TPSA) is 62.6 Å². The molecule has 2 amide bonds. The summed E-state index contributed by atoms with van der Waals surface area (Å²) in [5.74, 6) is -0.184. The van der Waals surface area contributed by atoms with E-state index >= 15 is 0 Å². The molecule has 2 heterocycles. The number of amides is 2. The summed E-state index contributed by atoms with van der Waals surface area (Å²) in [5.41, 5.74) is 2.30. The van der Waals surface area contributed by atoms with Crippen LogP contribution >= 0.6 is 0 Å². The zero-order valence-electron chi connectivity index (χ0n) is 15.1. The lowest BCUT2D eigenvalue weighted by Crippen LogP contribution is -2.52. The molecule has 8 heteroatoms. The van der Waals surface area contributed by atoms with Crippen molar-refractivity contribution in [1.82, 2.24) is 8.28 Å². The fourth-order valence-corrected chi connectivity index (χ4v) is 4.61. The normalized spacial score (nSPS) is 15.6. The Morgan fingerprint density at radius 3 is 2.39 bits per heavy atom. The molecule has 1 aliphatic heterocycles. The number of urea groups is 1. The van der Waals surface area contributed by atoms with E-state index in [0.717, 1.165) is 13.8 Å². The maximum atomic E-state index is 13.6. The molecule has 3 aromatic rings. The number of fused-ring (bicyclic) bond motifs is 1. The first-order chi connectivity index (χ1) is 13.4. The van der Waals surface area contributed by atoms with Gasteiger partial charge in [0.05, 0.1) is 13.1 Å². The van der Waals surface area contributed by atoms with Gasteiger partial charge in [-0.1, -0.05) is 42.0 Å². The molecule has 0 aliphatic carbocycles. The molecule has 1 aromatic heterocycles. The third-order valence-electron chi connectivity index (χ3n) is 4.62. The van der Waals surface area contributed by atoms with Gasteiger partial charge in [-0.25, -0.2) is 13.2 Å². The Balaban J connectivity index is 1.73. The Labute approximate surface area is 162 Å². The van der Waals surface area contributed by atoms with Gasteiger partial charge in [-0.2, -0.15) is 12.7 Å². The number of benzene rings is 2. The molecule has 4 rings (SSSR count). The molecular formula is C20H18FN3O3S. The fourth-order valence-electron chi connectivity index (χ4n) is 3.17. The SMILES string of the molecule is Cc1ccc(CN2C(=O)N(Cc3cccc(F)c3)c3cccn3S2(=O)=O)cc1. The maximum Gasteiger partial charge on any atom is 0.341 e. The molecule has 0 N–H and O–H groups in total. The predicted molar refractivity (Wildman–Crippen MR) is 103 cm³/mol. The highest BCUT2D eigenvalue weighted by atomic mass is 32.2. The van der Waals surface area contributed by atoms with E-state index in [4.69, 9.17) is 0 Å². The van der Waals surface area contributed by atoms with Gasteiger partial charge < -0.3 is 0 Å². The molecule has 0 spiro atoms. The minimum atomic E-state index is -4.05. The lowest BCUT2D eigenvalue weighted by atomic mass is 10.1. The summed E-state index contributed by atoms with van der Waals surface area (Å²) in [5, 5.41) is 0. The number of hydrogen-bond donors (Lipinski definition) is 0. The summed E-state index contributed by atoms with van der Waals surface area (Å²) < 4.78 is 41.4. The maximum absolute atomic E-state index is 13.6. The molecule has 6 nitrogen and oxygen atoms in total. The smallest absolute Gasteiger partial charge is 0.274 e. The van der Waals surface area contributed by atoms with Crippen LogP contribution in [0.4, 0.5) is 15.0 Å². The van der Waals surface area contributed by atoms with Crippen molar-refractivity contribution in [1.29, 1.82) is 0 Å². The van der Waals surface area contributed by atoms with Crippen LogP contribution in [0.25, 0.3) is 0 Å². The van der Waals surface area contributed by atoms with E-state index in [1.54, 1.807) is 36.4 Å². The van der Waals surface area contributed by atoms with Crippen molar-refractivity contribution in [2.24, 2.45) is 0 Å². The number of carbonyl (C=O) groups is 1. The van der Waals surface area contributed by atoms with Gasteiger partial charge >= 0.3 is 16.2 Å². The van der Waals surface area contributed by atoms with Gasteiger partial charge in [0.2, 0.25) is 0 Å². The van der Waals surface area contributed by atoms with Crippen LogP contribution in [0.3, 0.4) is 0 Å². The van der Waals surface area contributed by atoms with Crippen LogP contribution in [-0.2, 0) is 23.3 Å². The van der Waals surface area contributed by atoms with Crippen molar-refractivity contribution < 1.29 is 17.6 Å². The molecule has 28 heavy (non-hydrogen) atoms. The van der Waals surface area contributed by atoms with Gasteiger partial charge in [-0.15, -0.1) is 0 Å². The van der Waals surface area contributed by atoms with E-state index in [-0.39, 0.29) is 18.9 Å². The first-order valence-electron chi connectivity index (χ1n) is 8.68. The highest BCUT2D eigenvalue weighted by Gasteiger charge is 2.40. The minimum Gasteiger partial charge on any atom is -0.274 e. The van der Waals surface area contributed by atoms with Gasteiger partial charge in [0.25, 0.3) is 0 Å². The molecule has 0 saturated heterocycles. The van der Waals surface area contributed by atoms with Crippen molar-refractivity contribution in [3.8, 4) is 0 Å². The van der Waals surface area contributed by atoms with Crippen molar-refractivity contribution in [2.45, 2.75) is 20.0 Å². The number of nitrogens with zero attached hydrogens (tertiary/aromatic N) is 3. The molecule has 0 unspecified atom stereocenters. The number of carbonyl (C=O) groups excluding carboxylic acids is 1. The number of rotatable bonds is 4. The Kier molecular flexibility index (Phi) is 4.43. The van der Waals surface area contributed by atoms with Crippen LogP contribution < -0.4 is 4.90 Å². The van der Waals surface area contributed by atoms with Gasteiger partial charge in [0, 0.05) is 6.20 Å². The summed E-state index contributed by atoms with van der Waals surface area (Å²) in [6.07, 6.45) is 1.40. The number of hydrogen-bond acceptors (Lipinski definition) is 3.